The summed E-state index contributed by atoms with van der Waals surface area (Å²) < 4.78 is 0.929. The van der Waals surface area contributed by atoms with Gasteiger partial charge in [0.2, 0.25) is 11.8 Å². The zero-order chi connectivity index (χ0) is 26.6. The van der Waals surface area contributed by atoms with Crippen LogP contribution in [-0.4, -0.2) is 35.1 Å². The molecule has 37 heavy (non-hydrogen) atoms. The number of nitrogens with zero attached hydrogens (tertiary/aromatic N) is 1. The minimum Gasteiger partial charge on any atom is -0.354 e. The Balaban J connectivity index is 1.83. The van der Waals surface area contributed by atoms with E-state index in [1.54, 1.807) is 11.0 Å². The van der Waals surface area contributed by atoms with Crippen molar-refractivity contribution >= 4 is 62.7 Å². The Labute approximate surface area is 242 Å². The first-order valence-corrected chi connectivity index (χ1v) is 14.9. The summed E-state index contributed by atoms with van der Waals surface area (Å²) in [7, 11) is 0. The Morgan fingerprint density at radius 3 is 2.41 bits per heavy atom. The quantitative estimate of drug-likeness (QED) is 0.201. The van der Waals surface area contributed by atoms with Crippen LogP contribution in [-0.2, 0) is 28.3 Å². The molecule has 4 nitrogen and oxygen atoms in total. The molecule has 0 saturated carbocycles. The molecular weight excluding hydrogens is 591 g/mol. The summed E-state index contributed by atoms with van der Waals surface area (Å²) in [6.07, 6.45) is 2.31. The monoisotopic (exact) mass is 620 g/mol. The molecule has 196 valence electrons. The van der Waals surface area contributed by atoms with Crippen molar-refractivity contribution < 1.29 is 9.59 Å². The SMILES string of the molecule is CCCCNC(=O)[C@@H](Cc1ccccc1)N(Cc1cccc(Br)c1)C(=O)CSCc1ccc(Cl)c(Cl)c1. The number of unbranched alkanes of at least 4 members (excludes halogenated alkanes) is 1. The van der Waals surface area contributed by atoms with E-state index >= 15 is 0 Å². The van der Waals surface area contributed by atoms with Gasteiger partial charge in [-0.3, -0.25) is 9.59 Å². The lowest BCUT2D eigenvalue weighted by Crippen LogP contribution is -2.51. The van der Waals surface area contributed by atoms with Gasteiger partial charge in [0, 0.05) is 29.7 Å². The van der Waals surface area contributed by atoms with Crippen molar-refractivity contribution in [2.75, 3.05) is 12.3 Å². The van der Waals surface area contributed by atoms with Crippen molar-refractivity contribution in [2.45, 2.75) is 44.5 Å². The van der Waals surface area contributed by atoms with Crippen molar-refractivity contribution in [3.8, 4) is 0 Å². The first-order valence-electron chi connectivity index (χ1n) is 12.2. The van der Waals surface area contributed by atoms with Crippen molar-refractivity contribution in [3.63, 3.8) is 0 Å². The minimum atomic E-state index is -0.628. The average molecular weight is 622 g/mol. The zero-order valence-electron chi connectivity index (χ0n) is 20.8. The standard InChI is InChI=1S/C29H31BrCl2N2O2S/c1-2-3-14-33-29(36)27(17-21-8-5-4-6-9-21)34(18-22-10-7-11-24(30)15-22)28(35)20-37-19-23-12-13-25(31)26(32)16-23/h4-13,15-16,27H,2-3,14,17-20H2,1H3,(H,33,36)/t27-/m1/s1. The number of benzene rings is 3. The Kier molecular flexibility index (Phi) is 12.3. The Morgan fingerprint density at radius 1 is 0.946 bits per heavy atom. The molecule has 8 heteroatoms. The van der Waals surface area contributed by atoms with Gasteiger partial charge in [0.25, 0.3) is 0 Å². The molecule has 0 saturated heterocycles. The van der Waals surface area contributed by atoms with Crippen LogP contribution < -0.4 is 5.32 Å². The van der Waals surface area contributed by atoms with E-state index < -0.39 is 6.04 Å². The summed E-state index contributed by atoms with van der Waals surface area (Å²) in [6.45, 7) is 3.01. The van der Waals surface area contributed by atoms with E-state index in [0.29, 0.717) is 35.3 Å². The summed E-state index contributed by atoms with van der Waals surface area (Å²) in [5.41, 5.74) is 2.95. The Morgan fingerprint density at radius 2 is 1.70 bits per heavy atom. The van der Waals surface area contributed by atoms with E-state index in [9.17, 15) is 9.59 Å². The maximum absolute atomic E-state index is 13.7. The van der Waals surface area contributed by atoms with Crippen LogP contribution in [0.1, 0.15) is 36.5 Å². The van der Waals surface area contributed by atoms with Gasteiger partial charge in [0.1, 0.15) is 6.04 Å². The lowest BCUT2D eigenvalue weighted by Gasteiger charge is -2.31. The first kappa shape index (κ1) is 29.6. The van der Waals surface area contributed by atoms with Gasteiger partial charge in [-0.2, -0.15) is 0 Å². The number of carbonyl (C=O) groups is 2. The van der Waals surface area contributed by atoms with Crippen LogP contribution >= 0.6 is 50.9 Å². The molecule has 0 unspecified atom stereocenters. The number of thioether (sulfide) groups is 1. The number of hydrogen-bond donors (Lipinski definition) is 1. The molecule has 3 rings (SSSR count). The molecule has 0 spiro atoms. The maximum atomic E-state index is 13.7. The van der Waals surface area contributed by atoms with Gasteiger partial charge in [-0.15, -0.1) is 11.8 Å². The molecule has 3 aromatic rings. The highest BCUT2D eigenvalue weighted by atomic mass is 79.9. The second-order valence-corrected chi connectivity index (χ2v) is 11.5. The first-order chi connectivity index (χ1) is 17.9. The predicted octanol–water partition coefficient (Wildman–Crippen LogP) is 7.55. The fourth-order valence-electron chi connectivity index (χ4n) is 3.86. The van der Waals surface area contributed by atoms with Gasteiger partial charge < -0.3 is 10.2 Å². The Bertz CT molecular complexity index is 1180. The molecule has 2 amide bonds. The van der Waals surface area contributed by atoms with Crippen molar-refractivity contribution in [1.82, 2.24) is 10.2 Å². The van der Waals surface area contributed by atoms with Crippen LogP contribution in [0, 0.1) is 0 Å². The van der Waals surface area contributed by atoms with Crippen molar-refractivity contribution in [1.29, 1.82) is 0 Å². The molecule has 1 N–H and O–H groups in total. The average Bonchev–Trinajstić information content (AvgIpc) is 2.89. The molecule has 0 radical (unpaired) electrons. The van der Waals surface area contributed by atoms with Crippen LogP contribution in [0.5, 0.6) is 0 Å². The molecule has 0 aliphatic heterocycles. The van der Waals surface area contributed by atoms with Crippen LogP contribution in [0.25, 0.3) is 0 Å². The predicted molar refractivity (Wildman–Crippen MR) is 159 cm³/mol. The summed E-state index contributed by atoms with van der Waals surface area (Å²) in [6, 6.07) is 22.5. The van der Waals surface area contributed by atoms with E-state index in [2.05, 4.69) is 28.2 Å². The van der Waals surface area contributed by atoms with Gasteiger partial charge >= 0.3 is 0 Å². The highest BCUT2D eigenvalue weighted by Gasteiger charge is 2.30. The topological polar surface area (TPSA) is 49.4 Å². The summed E-state index contributed by atoms with van der Waals surface area (Å²) in [5, 5.41) is 4.05. The molecule has 1 atom stereocenters. The van der Waals surface area contributed by atoms with E-state index in [1.807, 2.05) is 66.7 Å². The highest BCUT2D eigenvalue weighted by Crippen LogP contribution is 2.25. The van der Waals surface area contributed by atoms with Crippen molar-refractivity contribution in [3.05, 3.63) is 104 Å². The van der Waals surface area contributed by atoms with E-state index in [1.165, 1.54) is 11.8 Å². The smallest absolute Gasteiger partial charge is 0.243 e. The van der Waals surface area contributed by atoms with Gasteiger partial charge in [-0.05, 0) is 47.4 Å². The molecular formula is C29H31BrCl2N2O2S. The summed E-state index contributed by atoms with van der Waals surface area (Å²) >= 11 is 17.2. The van der Waals surface area contributed by atoms with Crippen LogP contribution in [0.3, 0.4) is 0 Å². The third kappa shape index (κ3) is 9.68. The lowest BCUT2D eigenvalue weighted by molar-refractivity contribution is -0.139. The molecule has 0 fully saturated rings. The van der Waals surface area contributed by atoms with E-state index in [-0.39, 0.29) is 17.6 Å². The maximum Gasteiger partial charge on any atom is 0.243 e. The van der Waals surface area contributed by atoms with Gasteiger partial charge in [0.05, 0.1) is 15.8 Å². The molecule has 0 heterocycles. The number of amides is 2. The van der Waals surface area contributed by atoms with E-state index in [4.69, 9.17) is 23.2 Å². The fourth-order valence-corrected chi connectivity index (χ4v) is 5.49. The largest absolute Gasteiger partial charge is 0.354 e. The normalized spacial score (nSPS) is 11.7. The zero-order valence-corrected chi connectivity index (χ0v) is 24.7. The molecule has 3 aromatic carbocycles. The second-order valence-electron chi connectivity index (χ2n) is 8.74. The number of carbonyl (C=O) groups excluding carboxylic acids is 2. The molecule has 0 aromatic heterocycles. The van der Waals surface area contributed by atoms with Crippen LogP contribution in [0.15, 0.2) is 77.3 Å². The van der Waals surface area contributed by atoms with Gasteiger partial charge in [0.15, 0.2) is 0 Å². The molecule has 0 aliphatic rings. The van der Waals surface area contributed by atoms with E-state index in [0.717, 1.165) is 34.0 Å². The fraction of sp³-hybridized carbons (Fsp3) is 0.310. The lowest BCUT2D eigenvalue weighted by atomic mass is 10.0. The summed E-state index contributed by atoms with van der Waals surface area (Å²) in [4.78, 5) is 28.8. The number of halogens is 3. The van der Waals surface area contributed by atoms with Gasteiger partial charge in [-0.1, -0.05) is 101 Å². The molecule has 0 aliphatic carbocycles. The van der Waals surface area contributed by atoms with Crippen LogP contribution in [0.2, 0.25) is 10.0 Å². The Hall–Kier alpha value is -1.99. The minimum absolute atomic E-state index is 0.0865. The number of nitrogens with one attached hydrogen (secondary N) is 1. The van der Waals surface area contributed by atoms with Crippen LogP contribution in [0.4, 0.5) is 0 Å². The number of rotatable bonds is 13. The van der Waals surface area contributed by atoms with Gasteiger partial charge in [-0.25, -0.2) is 0 Å². The van der Waals surface area contributed by atoms with Crippen molar-refractivity contribution in [2.24, 2.45) is 0 Å². The third-order valence-electron chi connectivity index (χ3n) is 5.82. The third-order valence-corrected chi connectivity index (χ3v) is 8.04. The number of hydrogen-bond acceptors (Lipinski definition) is 3. The summed E-state index contributed by atoms with van der Waals surface area (Å²) in [5.74, 6) is 0.632. The molecule has 0 bridgehead atoms. The second kappa shape index (κ2) is 15.4. The highest BCUT2D eigenvalue weighted by molar-refractivity contribution is 9.10.